The number of thioether (sulfide) groups is 1. The molecule has 2 heterocycles. The van der Waals surface area contributed by atoms with Crippen LogP contribution in [0, 0.1) is 0 Å². The Hall–Kier alpha value is -3.10. The molecule has 4 aromatic rings. The van der Waals surface area contributed by atoms with Crippen molar-refractivity contribution in [3.05, 3.63) is 72.6 Å². The van der Waals surface area contributed by atoms with Gasteiger partial charge in [0.2, 0.25) is 5.91 Å². The van der Waals surface area contributed by atoms with Crippen LogP contribution in [0.1, 0.15) is 18.4 Å². The lowest BCUT2D eigenvalue weighted by molar-refractivity contribution is -0.118. The van der Waals surface area contributed by atoms with E-state index in [0.29, 0.717) is 35.1 Å². The molecule has 0 atom stereocenters. The van der Waals surface area contributed by atoms with Gasteiger partial charge in [-0.2, -0.15) is 0 Å². The molecule has 0 unspecified atom stereocenters. The second-order valence-corrected chi connectivity index (χ2v) is 9.39. The molecule has 0 radical (unpaired) electrons. The molecule has 33 heavy (non-hydrogen) atoms. The number of hydrogen-bond acceptors (Lipinski definition) is 7. The number of hydrogen-bond donors (Lipinski definition) is 0. The Morgan fingerprint density at radius 3 is 2.45 bits per heavy atom. The Morgan fingerprint density at radius 1 is 1.00 bits per heavy atom. The summed E-state index contributed by atoms with van der Waals surface area (Å²) >= 11 is 3.20. The highest BCUT2D eigenvalue weighted by Gasteiger charge is 2.22. The largest absolute Gasteiger partial charge is 0.495 e. The summed E-state index contributed by atoms with van der Waals surface area (Å²) in [7, 11) is 3.25. The Bertz CT molecular complexity index is 1160. The van der Waals surface area contributed by atoms with Crippen LogP contribution >= 0.6 is 23.1 Å². The summed E-state index contributed by atoms with van der Waals surface area (Å²) in [6, 6.07) is 17.8. The van der Waals surface area contributed by atoms with E-state index in [1.54, 1.807) is 43.3 Å². The molecule has 0 saturated carbocycles. The fourth-order valence-corrected chi connectivity index (χ4v) is 5.35. The van der Waals surface area contributed by atoms with Gasteiger partial charge < -0.3 is 9.47 Å². The number of ether oxygens (including phenoxy) is 2. The van der Waals surface area contributed by atoms with Crippen molar-refractivity contribution in [2.75, 3.05) is 24.9 Å². The molecule has 8 heteroatoms. The maximum Gasteiger partial charge on any atom is 0.229 e. The molecule has 2 aromatic heterocycles. The Labute approximate surface area is 201 Å². The zero-order valence-electron chi connectivity index (χ0n) is 18.6. The standard InChI is InChI=1S/C25H25N3O3S2/c1-30-20-10-11-21(31-2)24-23(20)27-25(33-24)28(17-18-12-14-26-15-13-18)22(29)9-6-16-32-19-7-4-3-5-8-19/h3-5,7-8,10-15H,6,9,16-17H2,1-2H3. The van der Waals surface area contributed by atoms with Gasteiger partial charge in [0.15, 0.2) is 5.13 Å². The van der Waals surface area contributed by atoms with Gasteiger partial charge in [0.05, 0.1) is 20.8 Å². The normalized spacial score (nSPS) is 10.8. The molecule has 2 aromatic carbocycles. The quantitative estimate of drug-likeness (QED) is 0.211. The SMILES string of the molecule is COc1ccc(OC)c2sc(N(Cc3ccncc3)C(=O)CCCSc3ccccc3)nc12. The first-order valence-corrected chi connectivity index (χ1v) is 12.4. The van der Waals surface area contributed by atoms with Crippen molar-refractivity contribution in [2.24, 2.45) is 0 Å². The van der Waals surface area contributed by atoms with Crippen molar-refractivity contribution in [1.82, 2.24) is 9.97 Å². The molecular formula is C25H25N3O3S2. The molecule has 0 aliphatic rings. The maximum absolute atomic E-state index is 13.4. The third kappa shape index (κ3) is 5.64. The van der Waals surface area contributed by atoms with Crippen molar-refractivity contribution in [2.45, 2.75) is 24.3 Å². The van der Waals surface area contributed by atoms with E-state index in [1.807, 2.05) is 42.5 Å². The van der Waals surface area contributed by atoms with Crippen molar-refractivity contribution in [3.63, 3.8) is 0 Å². The lowest BCUT2D eigenvalue weighted by Gasteiger charge is -2.20. The maximum atomic E-state index is 13.4. The molecule has 1 amide bonds. The van der Waals surface area contributed by atoms with E-state index in [-0.39, 0.29) is 5.91 Å². The molecule has 0 saturated heterocycles. The third-order valence-electron chi connectivity index (χ3n) is 5.07. The number of fused-ring (bicyclic) bond motifs is 1. The van der Waals surface area contributed by atoms with Crippen LogP contribution < -0.4 is 14.4 Å². The predicted molar refractivity (Wildman–Crippen MR) is 135 cm³/mol. The van der Waals surface area contributed by atoms with Gasteiger partial charge in [-0.1, -0.05) is 29.5 Å². The van der Waals surface area contributed by atoms with Crippen LogP contribution in [0.5, 0.6) is 11.5 Å². The van der Waals surface area contributed by atoms with E-state index >= 15 is 0 Å². The first kappa shape index (κ1) is 23.1. The highest BCUT2D eigenvalue weighted by molar-refractivity contribution is 7.99. The minimum atomic E-state index is 0.0393. The Morgan fingerprint density at radius 2 is 1.73 bits per heavy atom. The molecule has 0 spiro atoms. The first-order chi connectivity index (χ1) is 16.2. The molecule has 0 aliphatic heterocycles. The number of pyridine rings is 1. The Kier molecular flexibility index (Phi) is 7.80. The summed E-state index contributed by atoms with van der Waals surface area (Å²) in [6.45, 7) is 0.428. The molecule has 0 N–H and O–H groups in total. The fourth-order valence-electron chi connectivity index (χ4n) is 3.39. The highest BCUT2D eigenvalue weighted by atomic mass is 32.2. The van der Waals surface area contributed by atoms with Gasteiger partial charge in [0.1, 0.15) is 21.7 Å². The number of aromatic nitrogens is 2. The number of nitrogens with zero attached hydrogens (tertiary/aromatic N) is 3. The van der Waals surface area contributed by atoms with Crippen LogP contribution in [0.15, 0.2) is 71.9 Å². The summed E-state index contributed by atoms with van der Waals surface area (Å²) in [5.41, 5.74) is 1.69. The molecule has 0 aliphatic carbocycles. The summed E-state index contributed by atoms with van der Waals surface area (Å²) in [6.07, 6.45) is 4.69. The van der Waals surface area contributed by atoms with Gasteiger partial charge in [-0.25, -0.2) is 4.98 Å². The highest BCUT2D eigenvalue weighted by Crippen LogP contribution is 2.40. The van der Waals surface area contributed by atoms with E-state index in [9.17, 15) is 4.79 Å². The minimum Gasteiger partial charge on any atom is -0.495 e. The smallest absolute Gasteiger partial charge is 0.229 e. The van der Waals surface area contributed by atoms with Crippen LogP contribution in [-0.2, 0) is 11.3 Å². The molecule has 0 bridgehead atoms. The lowest BCUT2D eigenvalue weighted by Crippen LogP contribution is -2.30. The number of benzene rings is 2. The number of thiazole rings is 1. The second kappa shape index (κ2) is 11.2. The van der Waals surface area contributed by atoms with E-state index in [1.165, 1.54) is 16.2 Å². The molecule has 4 rings (SSSR count). The minimum absolute atomic E-state index is 0.0393. The van der Waals surface area contributed by atoms with Crippen LogP contribution in [0.2, 0.25) is 0 Å². The first-order valence-electron chi connectivity index (χ1n) is 10.6. The molecule has 6 nitrogen and oxygen atoms in total. The monoisotopic (exact) mass is 479 g/mol. The van der Waals surface area contributed by atoms with E-state index in [2.05, 4.69) is 17.1 Å². The zero-order valence-corrected chi connectivity index (χ0v) is 20.2. The predicted octanol–water partition coefficient (Wildman–Crippen LogP) is 5.81. The van der Waals surface area contributed by atoms with Gasteiger partial charge in [-0.15, -0.1) is 11.8 Å². The van der Waals surface area contributed by atoms with Crippen molar-refractivity contribution < 1.29 is 14.3 Å². The summed E-state index contributed by atoms with van der Waals surface area (Å²) in [4.78, 5) is 25.2. The number of methoxy groups -OCH3 is 2. The Balaban J connectivity index is 1.56. The van der Waals surface area contributed by atoms with Gasteiger partial charge in [0.25, 0.3) is 0 Å². The van der Waals surface area contributed by atoms with Gasteiger partial charge in [-0.3, -0.25) is 14.7 Å². The van der Waals surface area contributed by atoms with Gasteiger partial charge >= 0.3 is 0 Å². The van der Waals surface area contributed by atoms with Crippen molar-refractivity contribution in [1.29, 1.82) is 0 Å². The van der Waals surface area contributed by atoms with Crippen LogP contribution in [-0.4, -0.2) is 35.8 Å². The van der Waals surface area contributed by atoms with Crippen LogP contribution in [0.25, 0.3) is 10.2 Å². The average molecular weight is 480 g/mol. The molecule has 170 valence electrons. The fraction of sp³-hybridized carbons (Fsp3) is 0.240. The van der Waals surface area contributed by atoms with Gasteiger partial charge in [0, 0.05) is 23.7 Å². The van der Waals surface area contributed by atoms with Crippen LogP contribution in [0.4, 0.5) is 5.13 Å². The zero-order chi connectivity index (χ0) is 23.0. The number of amides is 1. The average Bonchev–Trinajstić information content (AvgIpc) is 3.31. The molecule has 0 fully saturated rings. The number of carbonyl (C=O) groups excluding carboxylic acids is 1. The summed E-state index contributed by atoms with van der Waals surface area (Å²) < 4.78 is 11.9. The number of rotatable bonds is 10. The summed E-state index contributed by atoms with van der Waals surface area (Å²) in [5, 5.41) is 0.630. The third-order valence-corrected chi connectivity index (χ3v) is 7.26. The molecular weight excluding hydrogens is 454 g/mol. The summed E-state index contributed by atoms with van der Waals surface area (Å²) in [5.74, 6) is 2.28. The van der Waals surface area contributed by atoms with Crippen molar-refractivity contribution in [3.8, 4) is 11.5 Å². The van der Waals surface area contributed by atoms with E-state index in [0.717, 1.165) is 22.4 Å². The second-order valence-electron chi connectivity index (χ2n) is 7.24. The van der Waals surface area contributed by atoms with E-state index < -0.39 is 0 Å². The lowest BCUT2D eigenvalue weighted by atomic mass is 10.2. The van der Waals surface area contributed by atoms with E-state index in [4.69, 9.17) is 14.5 Å². The number of anilines is 1. The topological polar surface area (TPSA) is 64.6 Å². The van der Waals surface area contributed by atoms with Crippen molar-refractivity contribution >= 4 is 44.4 Å². The van der Waals surface area contributed by atoms with Crippen LogP contribution in [0.3, 0.4) is 0 Å². The number of carbonyl (C=O) groups is 1. The van der Waals surface area contributed by atoms with Gasteiger partial charge in [-0.05, 0) is 54.1 Å².